The van der Waals surface area contributed by atoms with Gasteiger partial charge in [0.05, 0.1) is 0 Å². The van der Waals surface area contributed by atoms with Crippen molar-refractivity contribution in [3.63, 3.8) is 0 Å². The van der Waals surface area contributed by atoms with E-state index in [0.29, 0.717) is 31.5 Å². The molecule has 0 saturated carbocycles. The minimum atomic E-state index is -2.16. The van der Waals surface area contributed by atoms with Crippen molar-refractivity contribution in [2.75, 3.05) is 13.1 Å². The van der Waals surface area contributed by atoms with Crippen LogP contribution in [0.25, 0.3) is 0 Å². The second-order valence-electron chi connectivity index (χ2n) is 6.33. The summed E-state index contributed by atoms with van der Waals surface area (Å²) >= 11 is 0. The quantitative estimate of drug-likeness (QED) is 0.343. The molecule has 2 aromatic rings. The van der Waals surface area contributed by atoms with Crippen LogP contribution >= 0.6 is 0 Å². The number of piperidine rings is 1. The van der Waals surface area contributed by atoms with E-state index in [4.69, 9.17) is 0 Å². The normalized spacial score (nSPS) is 16.0. The summed E-state index contributed by atoms with van der Waals surface area (Å²) < 4.78 is 67.2. The number of benzene rings is 2. The highest BCUT2D eigenvalue weighted by Crippen LogP contribution is 2.27. The van der Waals surface area contributed by atoms with Gasteiger partial charge in [0.15, 0.2) is 29.1 Å². The molecule has 2 nitrogen and oxygen atoms in total. The SMILES string of the molecule is O=C(c1ccccc1)C1CCN(Cc2c(F)c(F)c(F)c(F)c2F)CC1. The number of Topliss-reactive ketones (excluding diaryl/α,β-unsaturated/α-hetero) is 1. The molecule has 0 spiro atoms. The van der Waals surface area contributed by atoms with Crippen molar-refractivity contribution in [3.05, 3.63) is 70.5 Å². The van der Waals surface area contributed by atoms with Crippen molar-refractivity contribution >= 4 is 5.78 Å². The van der Waals surface area contributed by atoms with Crippen LogP contribution in [0.3, 0.4) is 0 Å². The average Bonchev–Trinajstić information content (AvgIpc) is 2.69. The molecular weight excluding hydrogens is 353 g/mol. The van der Waals surface area contributed by atoms with Crippen LogP contribution in [0, 0.1) is 35.0 Å². The summed E-state index contributed by atoms with van der Waals surface area (Å²) in [5.74, 6) is -9.85. The van der Waals surface area contributed by atoms with Gasteiger partial charge in [-0.05, 0) is 25.9 Å². The zero-order valence-electron chi connectivity index (χ0n) is 13.7. The molecule has 1 fully saturated rings. The molecule has 0 aliphatic carbocycles. The van der Waals surface area contributed by atoms with Crippen LogP contribution in [0.5, 0.6) is 0 Å². The molecule has 1 aliphatic rings. The fourth-order valence-electron chi connectivity index (χ4n) is 3.20. The topological polar surface area (TPSA) is 20.3 Å². The lowest BCUT2D eigenvalue weighted by molar-refractivity contribution is 0.0832. The van der Waals surface area contributed by atoms with Gasteiger partial charge in [0.1, 0.15) is 0 Å². The average molecular weight is 369 g/mol. The molecule has 2 aromatic carbocycles. The lowest BCUT2D eigenvalue weighted by atomic mass is 9.89. The molecule has 1 aliphatic heterocycles. The fourth-order valence-corrected chi connectivity index (χ4v) is 3.20. The molecule has 0 N–H and O–H groups in total. The third-order valence-corrected chi connectivity index (χ3v) is 4.70. The molecule has 0 unspecified atom stereocenters. The van der Waals surface area contributed by atoms with E-state index in [0.717, 1.165) is 0 Å². The fraction of sp³-hybridized carbons (Fsp3) is 0.316. The van der Waals surface area contributed by atoms with Gasteiger partial charge in [0.2, 0.25) is 5.82 Å². The van der Waals surface area contributed by atoms with Gasteiger partial charge in [-0.1, -0.05) is 30.3 Å². The van der Waals surface area contributed by atoms with Crippen molar-refractivity contribution in [2.24, 2.45) is 5.92 Å². The highest BCUT2D eigenvalue weighted by atomic mass is 19.2. The van der Waals surface area contributed by atoms with E-state index in [1.807, 2.05) is 6.07 Å². The number of halogens is 5. The van der Waals surface area contributed by atoms with Crippen LogP contribution in [0.2, 0.25) is 0 Å². The summed E-state index contributed by atoms with van der Waals surface area (Å²) in [6, 6.07) is 8.80. The third-order valence-electron chi connectivity index (χ3n) is 4.70. The monoisotopic (exact) mass is 369 g/mol. The first-order valence-corrected chi connectivity index (χ1v) is 8.22. The van der Waals surface area contributed by atoms with Gasteiger partial charge in [-0.2, -0.15) is 0 Å². The summed E-state index contributed by atoms with van der Waals surface area (Å²) in [7, 11) is 0. The largest absolute Gasteiger partial charge is 0.299 e. The van der Waals surface area contributed by atoms with E-state index in [1.165, 1.54) is 0 Å². The van der Waals surface area contributed by atoms with Gasteiger partial charge in [-0.15, -0.1) is 0 Å². The Morgan fingerprint density at radius 1 is 0.846 bits per heavy atom. The molecule has 3 rings (SSSR count). The summed E-state index contributed by atoms with van der Waals surface area (Å²) in [5, 5.41) is 0. The van der Waals surface area contributed by atoms with Crippen molar-refractivity contribution in [2.45, 2.75) is 19.4 Å². The highest BCUT2D eigenvalue weighted by molar-refractivity contribution is 5.97. The maximum atomic E-state index is 13.8. The van der Waals surface area contributed by atoms with Crippen molar-refractivity contribution < 1.29 is 26.7 Å². The lowest BCUT2D eigenvalue weighted by Crippen LogP contribution is -2.36. The molecule has 0 amide bonds. The van der Waals surface area contributed by atoms with Gasteiger partial charge < -0.3 is 0 Å². The van der Waals surface area contributed by atoms with Gasteiger partial charge >= 0.3 is 0 Å². The third kappa shape index (κ3) is 3.49. The predicted molar refractivity (Wildman–Crippen MR) is 85.0 cm³/mol. The molecule has 0 atom stereocenters. The summed E-state index contributed by atoms with van der Waals surface area (Å²) in [6.07, 6.45) is 0.923. The van der Waals surface area contributed by atoms with E-state index in [-0.39, 0.29) is 11.7 Å². The van der Waals surface area contributed by atoms with E-state index in [1.54, 1.807) is 29.2 Å². The van der Waals surface area contributed by atoms with Crippen LogP contribution in [0.4, 0.5) is 22.0 Å². The Morgan fingerprint density at radius 2 is 1.35 bits per heavy atom. The molecule has 0 aromatic heterocycles. The van der Waals surface area contributed by atoms with Gasteiger partial charge in [-0.3, -0.25) is 9.69 Å². The standard InChI is InChI=1S/C19H16F5NO/c20-14-13(15(21)17(23)18(24)16(14)22)10-25-8-6-12(7-9-25)19(26)11-4-2-1-3-5-11/h1-5,12H,6-10H2. The zero-order valence-corrected chi connectivity index (χ0v) is 13.7. The highest BCUT2D eigenvalue weighted by Gasteiger charge is 2.30. The summed E-state index contributed by atoms with van der Waals surface area (Å²) in [4.78, 5) is 14.0. The second-order valence-corrected chi connectivity index (χ2v) is 6.33. The molecule has 26 heavy (non-hydrogen) atoms. The number of carbonyl (C=O) groups is 1. The van der Waals surface area contributed by atoms with Gasteiger partial charge in [-0.25, -0.2) is 22.0 Å². The molecule has 1 heterocycles. The number of rotatable bonds is 4. The van der Waals surface area contributed by atoms with Crippen molar-refractivity contribution in [1.82, 2.24) is 4.90 Å². The maximum Gasteiger partial charge on any atom is 0.200 e. The Labute approximate surface area is 147 Å². The molecule has 0 bridgehead atoms. The molecular formula is C19H16F5NO. The Hall–Kier alpha value is -2.28. The first kappa shape index (κ1) is 18.5. The van der Waals surface area contributed by atoms with Crippen LogP contribution in [0.15, 0.2) is 30.3 Å². The van der Waals surface area contributed by atoms with E-state index >= 15 is 0 Å². The Morgan fingerprint density at radius 3 is 1.88 bits per heavy atom. The summed E-state index contributed by atoms with van der Waals surface area (Å²) in [6.45, 7) is 0.281. The van der Waals surface area contributed by atoms with E-state index < -0.39 is 41.2 Å². The molecule has 7 heteroatoms. The number of hydrogen-bond donors (Lipinski definition) is 0. The van der Waals surface area contributed by atoms with Crippen LogP contribution in [-0.4, -0.2) is 23.8 Å². The predicted octanol–water partition coefficient (Wildman–Crippen LogP) is 4.48. The second kappa shape index (κ2) is 7.53. The number of likely N-dealkylation sites (tertiary alicyclic amines) is 1. The Bertz CT molecular complexity index is 787. The minimum Gasteiger partial charge on any atom is -0.299 e. The zero-order chi connectivity index (χ0) is 18.8. The lowest BCUT2D eigenvalue weighted by Gasteiger charge is -2.31. The number of hydrogen-bond acceptors (Lipinski definition) is 2. The van der Waals surface area contributed by atoms with Gasteiger partial charge in [0.25, 0.3) is 0 Å². The van der Waals surface area contributed by atoms with Crippen molar-refractivity contribution in [3.8, 4) is 0 Å². The Kier molecular flexibility index (Phi) is 5.36. The van der Waals surface area contributed by atoms with Crippen LogP contribution in [-0.2, 0) is 6.54 Å². The van der Waals surface area contributed by atoms with Crippen LogP contribution in [0.1, 0.15) is 28.8 Å². The molecule has 138 valence electrons. The van der Waals surface area contributed by atoms with Crippen molar-refractivity contribution in [1.29, 1.82) is 0 Å². The molecule has 1 saturated heterocycles. The van der Waals surface area contributed by atoms with E-state index in [2.05, 4.69) is 0 Å². The van der Waals surface area contributed by atoms with Gasteiger partial charge in [0, 0.05) is 23.6 Å². The van der Waals surface area contributed by atoms with E-state index in [9.17, 15) is 26.7 Å². The maximum absolute atomic E-state index is 13.8. The number of ketones is 1. The Balaban J connectivity index is 1.68. The van der Waals surface area contributed by atoms with Crippen LogP contribution < -0.4 is 0 Å². The minimum absolute atomic E-state index is 0.00137. The smallest absolute Gasteiger partial charge is 0.200 e. The number of nitrogens with zero attached hydrogens (tertiary/aromatic N) is 1. The first-order chi connectivity index (χ1) is 12.4. The first-order valence-electron chi connectivity index (χ1n) is 8.22. The summed E-state index contributed by atoms with van der Waals surface area (Å²) in [5.41, 5.74) is -0.236. The molecule has 0 radical (unpaired) electrons. The number of carbonyl (C=O) groups excluding carboxylic acids is 1.